The quantitative estimate of drug-likeness (QED) is 0.824. The SMILES string of the molecule is CC(=O)N(CCC(=O)NCc1ccncc1)c1ccc(Br)cc1C. The van der Waals surface area contributed by atoms with E-state index in [9.17, 15) is 9.59 Å². The summed E-state index contributed by atoms with van der Waals surface area (Å²) in [6.07, 6.45) is 3.63. The normalized spacial score (nSPS) is 10.3. The standard InChI is InChI=1S/C18H20BrN3O2/c1-13-11-16(19)3-4-17(13)22(14(2)23)10-7-18(24)21-12-15-5-8-20-9-6-15/h3-6,8-9,11H,7,10,12H2,1-2H3,(H,21,24). The van der Waals surface area contributed by atoms with E-state index in [0.29, 0.717) is 13.1 Å². The first kappa shape index (κ1) is 18.1. The number of hydrogen-bond donors (Lipinski definition) is 1. The highest BCUT2D eigenvalue weighted by Crippen LogP contribution is 2.24. The highest BCUT2D eigenvalue weighted by Gasteiger charge is 2.15. The fourth-order valence-electron chi connectivity index (χ4n) is 2.37. The molecule has 2 amide bonds. The smallest absolute Gasteiger partial charge is 0.223 e. The molecule has 0 aliphatic heterocycles. The molecule has 5 nitrogen and oxygen atoms in total. The molecule has 0 fully saturated rings. The third kappa shape index (κ3) is 5.16. The number of rotatable bonds is 6. The molecule has 0 spiro atoms. The van der Waals surface area contributed by atoms with Gasteiger partial charge in [0.1, 0.15) is 0 Å². The Balaban J connectivity index is 1.94. The van der Waals surface area contributed by atoms with Crippen molar-refractivity contribution in [3.8, 4) is 0 Å². The van der Waals surface area contributed by atoms with Crippen LogP contribution in [0.5, 0.6) is 0 Å². The van der Waals surface area contributed by atoms with E-state index in [0.717, 1.165) is 21.3 Å². The molecular formula is C18H20BrN3O2. The highest BCUT2D eigenvalue weighted by molar-refractivity contribution is 9.10. The Kier molecular flexibility index (Phi) is 6.49. The molecule has 0 bridgehead atoms. The van der Waals surface area contributed by atoms with Gasteiger partial charge in [0, 0.05) is 49.0 Å². The van der Waals surface area contributed by atoms with Crippen LogP contribution < -0.4 is 10.2 Å². The van der Waals surface area contributed by atoms with E-state index in [1.807, 2.05) is 37.3 Å². The molecule has 0 unspecified atom stereocenters. The molecule has 0 saturated carbocycles. The predicted octanol–water partition coefficient (Wildman–Crippen LogP) is 3.21. The molecule has 0 aliphatic rings. The number of hydrogen-bond acceptors (Lipinski definition) is 3. The Labute approximate surface area is 150 Å². The highest BCUT2D eigenvalue weighted by atomic mass is 79.9. The van der Waals surface area contributed by atoms with Crippen molar-refractivity contribution in [3.63, 3.8) is 0 Å². The van der Waals surface area contributed by atoms with Gasteiger partial charge >= 0.3 is 0 Å². The number of carbonyl (C=O) groups is 2. The van der Waals surface area contributed by atoms with E-state index in [-0.39, 0.29) is 18.2 Å². The Morgan fingerprint density at radius 3 is 2.54 bits per heavy atom. The van der Waals surface area contributed by atoms with Crippen LogP contribution in [0.2, 0.25) is 0 Å². The summed E-state index contributed by atoms with van der Waals surface area (Å²) in [5.74, 6) is -0.171. The van der Waals surface area contributed by atoms with Gasteiger partial charge in [0.2, 0.25) is 11.8 Å². The number of carbonyl (C=O) groups excluding carboxylic acids is 2. The van der Waals surface area contributed by atoms with Gasteiger partial charge < -0.3 is 10.2 Å². The summed E-state index contributed by atoms with van der Waals surface area (Å²) in [4.78, 5) is 29.6. The lowest BCUT2D eigenvalue weighted by atomic mass is 10.1. The van der Waals surface area contributed by atoms with Crippen LogP contribution in [-0.4, -0.2) is 23.3 Å². The molecule has 1 aromatic carbocycles. The van der Waals surface area contributed by atoms with E-state index >= 15 is 0 Å². The van der Waals surface area contributed by atoms with Gasteiger partial charge in [0.15, 0.2) is 0 Å². The summed E-state index contributed by atoms with van der Waals surface area (Å²) in [7, 11) is 0. The minimum atomic E-state index is -0.0900. The summed E-state index contributed by atoms with van der Waals surface area (Å²) < 4.78 is 0.961. The molecule has 0 saturated heterocycles. The van der Waals surface area contributed by atoms with Crippen molar-refractivity contribution in [1.82, 2.24) is 10.3 Å². The number of aromatic nitrogens is 1. The maximum Gasteiger partial charge on any atom is 0.223 e. The largest absolute Gasteiger partial charge is 0.352 e. The van der Waals surface area contributed by atoms with Crippen LogP contribution in [0.1, 0.15) is 24.5 Å². The van der Waals surface area contributed by atoms with Gasteiger partial charge in [-0.15, -0.1) is 0 Å². The summed E-state index contributed by atoms with van der Waals surface area (Å²) in [5.41, 5.74) is 2.80. The molecule has 0 atom stereocenters. The van der Waals surface area contributed by atoms with Crippen LogP contribution in [0.4, 0.5) is 5.69 Å². The van der Waals surface area contributed by atoms with Crippen LogP contribution in [0.15, 0.2) is 47.2 Å². The fourth-order valence-corrected chi connectivity index (χ4v) is 2.85. The average Bonchev–Trinajstić information content (AvgIpc) is 2.55. The van der Waals surface area contributed by atoms with Crippen LogP contribution in [-0.2, 0) is 16.1 Å². The van der Waals surface area contributed by atoms with E-state index in [4.69, 9.17) is 0 Å². The van der Waals surface area contributed by atoms with Gasteiger partial charge in [-0.1, -0.05) is 15.9 Å². The molecule has 2 aromatic rings. The Hall–Kier alpha value is -2.21. The summed E-state index contributed by atoms with van der Waals surface area (Å²) in [6.45, 7) is 4.26. The number of nitrogens with zero attached hydrogens (tertiary/aromatic N) is 2. The summed E-state index contributed by atoms with van der Waals surface area (Å²) >= 11 is 3.42. The van der Waals surface area contributed by atoms with Gasteiger partial charge in [-0.2, -0.15) is 0 Å². The summed E-state index contributed by atoms with van der Waals surface area (Å²) in [5, 5.41) is 2.86. The monoisotopic (exact) mass is 389 g/mol. The maximum atomic E-state index is 12.0. The molecule has 2 rings (SSSR count). The number of amides is 2. The van der Waals surface area contributed by atoms with Gasteiger partial charge in [-0.05, 0) is 48.4 Å². The lowest BCUT2D eigenvalue weighted by Crippen LogP contribution is -2.34. The van der Waals surface area contributed by atoms with E-state index < -0.39 is 0 Å². The maximum absolute atomic E-state index is 12.0. The third-order valence-electron chi connectivity index (χ3n) is 3.63. The Morgan fingerprint density at radius 2 is 1.92 bits per heavy atom. The van der Waals surface area contributed by atoms with Crippen molar-refractivity contribution >= 4 is 33.4 Å². The molecule has 1 aromatic heterocycles. The zero-order valence-electron chi connectivity index (χ0n) is 13.8. The number of anilines is 1. The first-order chi connectivity index (χ1) is 11.5. The minimum absolute atomic E-state index is 0.0812. The van der Waals surface area contributed by atoms with Crippen LogP contribution in [0, 0.1) is 6.92 Å². The van der Waals surface area contributed by atoms with Gasteiger partial charge in [0.25, 0.3) is 0 Å². The minimum Gasteiger partial charge on any atom is -0.352 e. The van der Waals surface area contributed by atoms with Gasteiger partial charge in [-0.3, -0.25) is 14.6 Å². The molecule has 1 N–H and O–H groups in total. The lowest BCUT2D eigenvalue weighted by Gasteiger charge is -2.23. The van der Waals surface area contributed by atoms with Gasteiger partial charge in [-0.25, -0.2) is 0 Å². The molecule has 0 aliphatic carbocycles. The molecular weight excluding hydrogens is 370 g/mol. The number of benzene rings is 1. The van der Waals surface area contributed by atoms with Crippen molar-refractivity contribution in [2.24, 2.45) is 0 Å². The van der Waals surface area contributed by atoms with Crippen molar-refractivity contribution in [3.05, 3.63) is 58.3 Å². The van der Waals surface area contributed by atoms with Crippen LogP contribution in [0.3, 0.4) is 0 Å². The van der Waals surface area contributed by atoms with Crippen molar-refractivity contribution in [2.75, 3.05) is 11.4 Å². The average molecular weight is 390 g/mol. The third-order valence-corrected chi connectivity index (χ3v) is 4.12. The number of pyridine rings is 1. The zero-order chi connectivity index (χ0) is 17.5. The molecule has 6 heteroatoms. The first-order valence-electron chi connectivity index (χ1n) is 7.67. The van der Waals surface area contributed by atoms with E-state index in [2.05, 4.69) is 26.2 Å². The summed E-state index contributed by atoms with van der Waals surface area (Å²) in [6, 6.07) is 9.44. The van der Waals surface area contributed by atoms with E-state index in [1.54, 1.807) is 17.3 Å². The Bertz CT molecular complexity index is 719. The second kappa shape index (κ2) is 8.59. The lowest BCUT2D eigenvalue weighted by molar-refractivity contribution is -0.121. The van der Waals surface area contributed by atoms with Crippen molar-refractivity contribution in [1.29, 1.82) is 0 Å². The number of nitrogens with one attached hydrogen (secondary N) is 1. The zero-order valence-corrected chi connectivity index (χ0v) is 15.3. The van der Waals surface area contributed by atoms with Gasteiger partial charge in [0.05, 0.1) is 0 Å². The second-order valence-electron chi connectivity index (χ2n) is 5.48. The first-order valence-corrected chi connectivity index (χ1v) is 8.46. The van der Waals surface area contributed by atoms with Crippen LogP contribution in [0.25, 0.3) is 0 Å². The predicted molar refractivity (Wildman–Crippen MR) is 97.6 cm³/mol. The van der Waals surface area contributed by atoms with E-state index in [1.165, 1.54) is 6.92 Å². The van der Waals surface area contributed by atoms with Crippen molar-refractivity contribution < 1.29 is 9.59 Å². The topological polar surface area (TPSA) is 62.3 Å². The molecule has 126 valence electrons. The van der Waals surface area contributed by atoms with Crippen molar-refractivity contribution in [2.45, 2.75) is 26.8 Å². The second-order valence-corrected chi connectivity index (χ2v) is 6.40. The Morgan fingerprint density at radius 1 is 1.21 bits per heavy atom. The molecule has 24 heavy (non-hydrogen) atoms. The molecule has 1 heterocycles. The number of aryl methyl sites for hydroxylation is 1. The molecule has 0 radical (unpaired) electrons. The fraction of sp³-hybridized carbons (Fsp3) is 0.278. The van der Waals surface area contributed by atoms with Crippen LogP contribution >= 0.6 is 15.9 Å². The number of halogens is 1.